The number of rotatable bonds is 5. The van der Waals surface area contributed by atoms with Gasteiger partial charge in [-0.05, 0) is 25.2 Å². The molecule has 0 aromatic heterocycles. The van der Waals surface area contributed by atoms with Crippen LogP contribution in [0.1, 0.15) is 6.42 Å². The molecule has 0 saturated heterocycles. The smallest absolute Gasteiger partial charge is 0.272 e. The van der Waals surface area contributed by atoms with E-state index in [0.29, 0.717) is 25.3 Å². The lowest BCUT2D eigenvalue weighted by atomic mass is 10.2. The highest BCUT2D eigenvalue weighted by atomic mass is 35.5. The van der Waals surface area contributed by atoms with Crippen LogP contribution < -0.4 is 16.5 Å². The van der Waals surface area contributed by atoms with Crippen LogP contribution in [0, 0.1) is 0 Å². The largest absolute Gasteiger partial charge is 0.387 e. The number of allylic oxidation sites excluding steroid dienone is 2. The SMILES string of the molecule is Cl.NCCCONC(=O)C1=CC=CNC1. The Morgan fingerprint density at radius 1 is 1.67 bits per heavy atom. The second-order valence-electron chi connectivity index (χ2n) is 2.85. The number of carbonyl (C=O) groups is 1. The second-order valence-corrected chi connectivity index (χ2v) is 2.85. The molecule has 5 nitrogen and oxygen atoms in total. The highest BCUT2D eigenvalue weighted by molar-refractivity contribution is 5.93. The molecule has 86 valence electrons. The fraction of sp³-hybridized carbons (Fsp3) is 0.444. The van der Waals surface area contributed by atoms with Crippen molar-refractivity contribution in [2.24, 2.45) is 5.73 Å². The van der Waals surface area contributed by atoms with Gasteiger partial charge in [-0.15, -0.1) is 12.4 Å². The molecule has 0 atom stereocenters. The number of nitrogens with one attached hydrogen (secondary N) is 2. The lowest BCUT2D eigenvalue weighted by Crippen LogP contribution is -2.30. The topological polar surface area (TPSA) is 76.4 Å². The molecule has 0 saturated carbocycles. The molecule has 1 heterocycles. The van der Waals surface area contributed by atoms with Gasteiger partial charge in [0.1, 0.15) is 0 Å². The molecule has 1 aliphatic rings. The third-order valence-electron chi connectivity index (χ3n) is 1.71. The van der Waals surface area contributed by atoms with Crippen molar-refractivity contribution in [3.8, 4) is 0 Å². The van der Waals surface area contributed by atoms with Crippen LogP contribution in [0.3, 0.4) is 0 Å². The molecule has 0 aromatic rings. The minimum absolute atomic E-state index is 0. The van der Waals surface area contributed by atoms with E-state index < -0.39 is 0 Å². The van der Waals surface area contributed by atoms with Gasteiger partial charge in [0.2, 0.25) is 0 Å². The summed E-state index contributed by atoms with van der Waals surface area (Å²) in [5, 5.41) is 2.93. The number of hydrogen-bond acceptors (Lipinski definition) is 4. The van der Waals surface area contributed by atoms with Gasteiger partial charge in [-0.25, -0.2) is 5.48 Å². The normalized spacial score (nSPS) is 13.5. The van der Waals surface area contributed by atoms with Crippen LogP contribution in [0.5, 0.6) is 0 Å². The molecule has 0 aliphatic carbocycles. The molecule has 15 heavy (non-hydrogen) atoms. The Morgan fingerprint density at radius 2 is 2.47 bits per heavy atom. The number of amides is 1. The summed E-state index contributed by atoms with van der Waals surface area (Å²) in [4.78, 5) is 16.3. The van der Waals surface area contributed by atoms with Crippen LogP contribution >= 0.6 is 12.4 Å². The first kappa shape index (κ1) is 14.0. The van der Waals surface area contributed by atoms with E-state index in [4.69, 9.17) is 10.6 Å². The van der Waals surface area contributed by atoms with E-state index in [-0.39, 0.29) is 18.3 Å². The van der Waals surface area contributed by atoms with Gasteiger partial charge in [0.15, 0.2) is 0 Å². The van der Waals surface area contributed by atoms with Crippen molar-refractivity contribution in [3.63, 3.8) is 0 Å². The summed E-state index contributed by atoms with van der Waals surface area (Å²) < 4.78 is 0. The summed E-state index contributed by atoms with van der Waals surface area (Å²) in [6.45, 7) is 1.53. The molecular formula is C9H16ClN3O2. The fourth-order valence-electron chi connectivity index (χ4n) is 0.954. The van der Waals surface area contributed by atoms with Crippen molar-refractivity contribution in [1.29, 1.82) is 0 Å². The zero-order chi connectivity index (χ0) is 10.2. The van der Waals surface area contributed by atoms with Crippen molar-refractivity contribution in [2.75, 3.05) is 19.7 Å². The maximum atomic E-state index is 11.4. The molecule has 0 fully saturated rings. The second kappa shape index (κ2) is 8.28. The Balaban J connectivity index is 0.00000196. The Labute approximate surface area is 95.1 Å². The summed E-state index contributed by atoms with van der Waals surface area (Å²) >= 11 is 0. The van der Waals surface area contributed by atoms with Crippen molar-refractivity contribution in [2.45, 2.75) is 6.42 Å². The zero-order valence-electron chi connectivity index (χ0n) is 8.36. The number of hydroxylamine groups is 1. The lowest BCUT2D eigenvalue weighted by molar-refractivity contribution is -0.129. The highest BCUT2D eigenvalue weighted by Gasteiger charge is 2.08. The molecule has 4 N–H and O–H groups in total. The standard InChI is InChI=1S/C9H15N3O2.ClH/c10-4-2-6-14-12-9(13)8-3-1-5-11-7-8;/h1,3,5,11H,2,4,6-7,10H2,(H,12,13);1H. The first-order valence-electron chi connectivity index (χ1n) is 4.56. The van der Waals surface area contributed by atoms with E-state index in [0.717, 1.165) is 6.42 Å². The minimum Gasteiger partial charge on any atom is -0.387 e. The van der Waals surface area contributed by atoms with E-state index in [9.17, 15) is 4.79 Å². The Kier molecular flexibility index (Phi) is 7.71. The number of nitrogens with two attached hydrogens (primary N) is 1. The maximum absolute atomic E-state index is 11.4. The van der Waals surface area contributed by atoms with Crippen molar-refractivity contribution < 1.29 is 9.63 Å². The number of dihydropyridines is 1. The number of carbonyl (C=O) groups excluding carboxylic acids is 1. The molecule has 1 amide bonds. The third-order valence-corrected chi connectivity index (χ3v) is 1.71. The van der Waals surface area contributed by atoms with Crippen molar-refractivity contribution in [1.82, 2.24) is 10.8 Å². The molecule has 6 heteroatoms. The average Bonchev–Trinajstić information content (AvgIpc) is 2.25. The Bertz CT molecular complexity index is 254. The molecule has 0 aromatic carbocycles. The van der Waals surface area contributed by atoms with E-state index in [2.05, 4.69) is 10.8 Å². The summed E-state index contributed by atoms with van der Waals surface area (Å²) in [7, 11) is 0. The average molecular weight is 234 g/mol. The molecule has 0 spiro atoms. The van der Waals surface area contributed by atoms with Gasteiger partial charge in [0.05, 0.1) is 6.61 Å². The van der Waals surface area contributed by atoms with Gasteiger partial charge in [-0.2, -0.15) is 0 Å². The van der Waals surface area contributed by atoms with Crippen molar-refractivity contribution in [3.05, 3.63) is 23.9 Å². The summed E-state index contributed by atoms with van der Waals surface area (Å²) in [6.07, 6.45) is 6.04. The summed E-state index contributed by atoms with van der Waals surface area (Å²) in [5.74, 6) is -0.209. The van der Waals surface area contributed by atoms with E-state index in [1.807, 2.05) is 0 Å². The Morgan fingerprint density at radius 3 is 3.07 bits per heavy atom. The van der Waals surface area contributed by atoms with Crippen LogP contribution in [0.15, 0.2) is 23.9 Å². The van der Waals surface area contributed by atoms with Gasteiger partial charge >= 0.3 is 0 Å². The van der Waals surface area contributed by atoms with Gasteiger partial charge in [-0.1, -0.05) is 6.08 Å². The minimum atomic E-state index is -0.209. The van der Waals surface area contributed by atoms with Gasteiger partial charge in [0.25, 0.3) is 5.91 Å². The van der Waals surface area contributed by atoms with E-state index >= 15 is 0 Å². The van der Waals surface area contributed by atoms with E-state index in [1.165, 1.54) is 0 Å². The van der Waals surface area contributed by atoms with Crippen LogP contribution in [0.2, 0.25) is 0 Å². The predicted octanol–water partition coefficient (Wildman–Crippen LogP) is -0.152. The zero-order valence-corrected chi connectivity index (χ0v) is 9.18. The highest BCUT2D eigenvalue weighted by Crippen LogP contribution is 1.97. The van der Waals surface area contributed by atoms with Crippen LogP contribution in [-0.2, 0) is 9.63 Å². The molecule has 0 unspecified atom stereocenters. The summed E-state index contributed by atoms with van der Waals surface area (Å²) in [5.41, 5.74) is 8.27. The lowest BCUT2D eigenvalue weighted by Gasteiger charge is -2.10. The van der Waals surface area contributed by atoms with Crippen molar-refractivity contribution >= 4 is 18.3 Å². The third kappa shape index (κ3) is 5.41. The van der Waals surface area contributed by atoms with Crippen LogP contribution in [-0.4, -0.2) is 25.6 Å². The maximum Gasteiger partial charge on any atom is 0.272 e. The molecular weight excluding hydrogens is 218 g/mol. The summed E-state index contributed by atoms with van der Waals surface area (Å²) in [6, 6.07) is 0. The van der Waals surface area contributed by atoms with Crippen LogP contribution in [0.4, 0.5) is 0 Å². The molecule has 1 rings (SSSR count). The van der Waals surface area contributed by atoms with Gasteiger partial charge in [0, 0.05) is 12.1 Å². The number of hydrogen-bond donors (Lipinski definition) is 3. The van der Waals surface area contributed by atoms with Crippen LogP contribution in [0.25, 0.3) is 0 Å². The predicted molar refractivity (Wildman–Crippen MR) is 60.2 cm³/mol. The molecule has 0 radical (unpaired) electrons. The van der Waals surface area contributed by atoms with Gasteiger partial charge in [-0.3, -0.25) is 9.63 Å². The quantitative estimate of drug-likeness (QED) is 0.456. The monoisotopic (exact) mass is 233 g/mol. The van der Waals surface area contributed by atoms with Gasteiger partial charge < -0.3 is 11.1 Å². The van der Waals surface area contributed by atoms with E-state index in [1.54, 1.807) is 18.4 Å². The first-order chi connectivity index (χ1) is 6.84. The molecule has 1 aliphatic heterocycles. The first-order valence-corrected chi connectivity index (χ1v) is 4.56. The number of halogens is 1. The fourth-order valence-corrected chi connectivity index (χ4v) is 0.954. The Hall–Kier alpha value is -1.04. The molecule has 0 bridgehead atoms.